The molecule has 1 aliphatic carbocycles. The molecule has 1 unspecified atom stereocenters. The first kappa shape index (κ1) is 13.3. The second-order valence-corrected chi connectivity index (χ2v) is 5.18. The third kappa shape index (κ3) is 3.22. The van der Waals surface area contributed by atoms with Gasteiger partial charge >= 0.3 is 0 Å². The molecule has 0 spiro atoms. The number of aliphatic hydroxyl groups excluding tert-OH is 1. The number of rotatable bonds is 5. The van der Waals surface area contributed by atoms with E-state index in [2.05, 4.69) is 5.32 Å². The van der Waals surface area contributed by atoms with Gasteiger partial charge in [-0.2, -0.15) is 0 Å². The Morgan fingerprint density at radius 1 is 1.44 bits per heavy atom. The van der Waals surface area contributed by atoms with Crippen LogP contribution in [-0.4, -0.2) is 29.7 Å². The number of nitrogens with one attached hydrogen (secondary N) is 1. The number of hydrogen-bond acceptors (Lipinski definition) is 3. The summed E-state index contributed by atoms with van der Waals surface area (Å²) >= 11 is 5.84. The Morgan fingerprint density at radius 3 is 2.61 bits per heavy atom. The summed E-state index contributed by atoms with van der Waals surface area (Å²) in [5.41, 5.74) is 6.26. The number of hydrogen-bond donors (Lipinski definition) is 3. The normalized spacial score (nSPS) is 24.3. The highest BCUT2D eigenvalue weighted by molar-refractivity contribution is 6.30. The second kappa shape index (κ2) is 5.69. The van der Waals surface area contributed by atoms with Crippen molar-refractivity contribution in [2.45, 2.75) is 30.9 Å². The van der Waals surface area contributed by atoms with E-state index < -0.39 is 12.0 Å². The molecular formula is C13H17ClN2O2. The fraction of sp³-hybridized carbons (Fsp3) is 0.462. The Morgan fingerprint density at radius 2 is 2.06 bits per heavy atom. The van der Waals surface area contributed by atoms with Crippen molar-refractivity contribution in [3.8, 4) is 0 Å². The summed E-state index contributed by atoms with van der Waals surface area (Å²) in [5.74, 6) is -0.151. The standard InChI is InChI=1S/C13H17ClN2O2/c14-10-3-1-8(2-4-10)9-5-11(6-9)16-7-12(17)13(15)18/h1-4,9,11-12,16-17H,5-7H2,(H2,15,18). The molecule has 0 aromatic heterocycles. The van der Waals surface area contributed by atoms with Gasteiger partial charge in [-0.1, -0.05) is 23.7 Å². The van der Waals surface area contributed by atoms with Crippen molar-refractivity contribution in [2.24, 2.45) is 5.73 Å². The zero-order valence-electron chi connectivity index (χ0n) is 9.97. The lowest BCUT2D eigenvalue weighted by Crippen LogP contribution is -2.46. The molecule has 1 aromatic rings. The average Bonchev–Trinajstić information content (AvgIpc) is 2.28. The van der Waals surface area contributed by atoms with Crippen LogP contribution >= 0.6 is 11.6 Å². The molecule has 1 aliphatic rings. The van der Waals surface area contributed by atoms with Gasteiger partial charge in [-0.15, -0.1) is 0 Å². The minimum absolute atomic E-state index is 0.230. The lowest BCUT2D eigenvalue weighted by atomic mass is 9.76. The number of halogens is 1. The first-order valence-electron chi connectivity index (χ1n) is 6.02. The maximum Gasteiger partial charge on any atom is 0.247 e. The van der Waals surface area contributed by atoms with Gasteiger partial charge in [0.25, 0.3) is 0 Å². The largest absolute Gasteiger partial charge is 0.382 e. The summed E-state index contributed by atoms with van der Waals surface area (Å²) < 4.78 is 0. The minimum Gasteiger partial charge on any atom is -0.382 e. The first-order valence-corrected chi connectivity index (χ1v) is 6.40. The number of carbonyl (C=O) groups excluding carboxylic acids is 1. The molecule has 0 radical (unpaired) electrons. The van der Waals surface area contributed by atoms with Crippen LogP contribution in [0.25, 0.3) is 0 Å². The van der Waals surface area contributed by atoms with Crippen LogP contribution < -0.4 is 11.1 Å². The Bertz CT molecular complexity index is 416. The SMILES string of the molecule is NC(=O)C(O)CNC1CC(c2ccc(Cl)cc2)C1. The quantitative estimate of drug-likeness (QED) is 0.746. The zero-order valence-corrected chi connectivity index (χ0v) is 10.7. The van der Waals surface area contributed by atoms with E-state index in [4.69, 9.17) is 17.3 Å². The summed E-state index contributed by atoms with van der Waals surface area (Å²) in [5, 5.41) is 13.1. The lowest BCUT2D eigenvalue weighted by molar-refractivity contribution is -0.125. The lowest BCUT2D eigenvalue weighted by Gasteiger charge is -2.36. The highest BCUT2D eigenvalue weighted by Crippen LogP contribution is 2.37. The summed E-state index contributed by atoms with van der Waals surface area (Å²) in [6.45, 7) is 0.230. The molecule has 4 N–H and O–H groups in total. The Labute approximate surface area is 111 Å². The summed E-state index contributed by atoms with van der Waals surface area (Å²) in [6.07, 6.45) is 0.917. The molecule has 0 heterocycles. The Hall–Kier alpha value is -1.10. The number of carbonyl (C=O) groups is 1. The molecule has 1 atom stereocenters. The van der Waals surface area contributed by atoms with Crippen LogP contribution in [0.3, 0.4) is 0 Å². The van der Waals surface area contributed by atoms with E-state index in [1.165, 1.54) is 5.56 Å². The van der Waals surface area contributed by atoms with Crippen LogP contribution in [0.4, 0.5) is 0 Å². The van der Waals surface area contributed by atoms with E-state index in [-0.39, 0.29) is 6.54 Å². The Kier molecular flexibility index (Phi) is 4.22. The molecule has 2 rings (SSSR count). The monoisotopic (exact) mass is 268 g/mol. The maximum absolute atomic E-state index is 10.7. The van der Waals surface area contributed by atoms with Crippen LogP contribution in [0.15, 0.2) is 24.3 Å². The van der Waals surface area contributed by atoms with Crippen molar-refractivity contribution in [3.05, 3.63) is 34.9 Å². The van der Waals surface area contributed by atoms with Gasteiger partial charge in [-0.3, -0.25) is 4.79 Å². The predicted octanol–water partition coefficient (Wildman–Crippen LogP) is 1.02. The molecule has 1 amide bonds. The van der Waals surface area contributed by atoms with Crippen LogP contribution in [0.2, 0.25) is 5.02 Å². The van der Waals surface area contributed by atoms with E-state index >= 15 is 0 Å². The molecular weight excluding hydrogens is 252 g/mol. The number of benzene rings is 1. The van der Waals surface area contributed by atoms with Crippen molar-refractivity contribution in [2.75, 3.05) is 6.54 Å². The van der Waals surface area contributed by atoms with E-state index in [1.54, 1.807) is 0 Å². The van der Waals surface area contributed by atoms with E-state index in [0.29, 0.717) is 12.0 Å². The van der Waals surface area contributed by atoms with Gasteiger partial charge in [0.1, 0.15) is 6.10 Å². The van der Waals surface area contributed by atoms with Crippen molar-refractivity contribution in [3.63, 3.8) is 0 Å². The van der Waals surface area contributed by atoms with E-state index in [9.17, 15) is 9.90 Å². The minimum atomic E-state index is -1.10. The van der Waals surface area contributed by atoms with Crippen LogP contribution in [-0.2, 0) is 4.79 Å². The number of primary amides is 1. The fourth-order valence-electron chi connectivity index (χ4n) is 2.17. The van der Waals surface area contributed by atoms with E-state index in [1.807, 2.05) is 24.3 Å². The molecule has 1 aromatic carbocycles. The highest BCUT2D eigenvalue weighted by atomic mass is 35.5. The molecule has 0 aliphatic heterocycles. The van der Waals surface area contributed by atoms with Gasteiger partial charge in [-0.05, 0) is 36.5 Å². The highest BCUT2D eigenvalue weighted by Gasteiger charge is 2.30. The van der Waals surface area contributed by atoms with Crippen molar-refractivity contribution in [1.29, 1.82) is 0 Å². The average molecular weight is 269 g/mol. The molecule has 5 heteroatoms. The summed E-state index contributed by atoms with van der Waals surface area (Å²) in [7, 11) is 0. The number of amides is 1. The van der Waals surface area contributed by atoms with Crippen LogP contribution in [0, 0.1) is 0 Å². The van der Waals surface area contributed by atoms with E-state index in [0.717, 1.165) is 17.9 Å². The number of aliphatic hydroxyl groups is 1. The van der Waals surface area contributed by atoms with Crippen LogP contribution in [0.5, 0.6) is 0 Å². The van der Waals surface area contributed by atoms with Gasteiger partial charge in [0.15, 0.2) is 0 Å². The van der Waals surface area contributed by atoms with Gasteiger partial charge < -0.3 is 16.2 Å². The Balaban J connectivity index is 1.74. The molecule has 18 heavy (non-hydrogen) atoms. The fourth-order valence-corrected chi connectivity index (χ4v) is 2.30. The molecule has 0 bridgehead atoms. The van der Waals surface area contributed by atoms with Crippen molar-refractivity contribution in [1.82, 2.24) is 5.32 Å². The molecule has 1 fully saturated rings. The predicted molar refractivity (Wildman–Crippen MR) is 70.4 cm³/mol. The summed E-state index contributed by atoms with van der Waals surface area (Å²) in [4.78, 5) is 10.7. The van der Waals surface area contributed by atoms with Crippen molar-refractivity contribution < 1.29 is 9.90 Å². The second-order valence-electron chi connectivity index (χ2n) is 4.74. The zero-order chi connectivity index (χ0) is 13.1. The van der Waals surface area contributed by atoms with Crippen LogP contribution in [0.1, 0.15) is 24.3 Å². The molecule has 1 saturated carbocycles. The van der Waals surface area contributed by atoms with Gasteiger partial charge in [-0.25, -0.2) is 0 Å². The number of nitrogens with two attached hydrogens (primary N) is 1. The van der Waals surface area contributed by atoms with Crippen molar-refractivity contribution >= 4 is 17.5 Å². The third-order valence-corrected chi connectivity index (χ3v) is 3.66. The van der Waals surface area contributed by atoms with Gasteiger partial charge in [0, 0.05) is 17.6 Å². The smallest absolute Gasteiger partial charge is 0.247 e. The van der Waals surface area contributed by atoms with Gasteiger partial charge in [0.05, 0.1) is 0 Å². The summed E-state index contributed by atoms with van der Waals surface area (Å²) in [6, 6.07) is 8.23. The third-order valence-electron chi connectivity index (χ3n) is 3.41. The molecule has 98 valence electrons. The topological polar surface area (TPSA) is 75.4 Å². The molecule has 4 nitrogen and oxygen atoms in total. The first-order chi connectivity index (χ1) is 8.56. The van der Waals surface area contributed by atoms with Gasteiger partial charge in [0.2, 0.25) is 5.91 Å². The maximum atomic E-state index is 10.7. The molecule has 0 saturated heterocycles.